The number of carbonyl (C=O) groups excluding carboxylic acids is 1. The zero-order valence-corrected chi connectivity index (χ0v) is 13.2. The first-order chi connectivity index (χ1) is 11.1. The number of aryl methyl sites for hydroxylation is 2. The third kappa shape index (κ3) is 6.29. The van der Waals surface area contributed by atoms with E-state index in [9.17, 15) is 18.0 Å². The van der Waals surface area contributed by atoms with Crippen LogP contribution in [0.4, 0.5) is 18.2 Å². The van der Waals surface area contributed by atoms with Crippen LogP contribution in [0.3, 0.4) is 0 Å². The Bertz CT molecular complexity index is 700. The summed E-state index contributed by atoms with van der Waals surface area (Å²) >= 11 is 1.44. The molecule has 0 saturated heterocycles. The molecule has 0 aliphatic rings. The largest absolute Gasteiger partial charge is 0.490 e. The normalized spacial score (nSPS) is 10.6. The molecule has 0 spiro atoms. The number of carbonyl (C=O) groups is 2. The number of carboxylic acid groups (broad SMARTS) is 1. The molecule has 0 atom stereocenters. The quantitative estimate of drug-likeness (QED) is 0.779. The predicted octanol–water partition coefficient (Wildman–Crippen LogP) is 2.85. The lowest BCUT2D eigenvalue weighted by atomic mass is 10.1. The lowest BCUT2D eigenvalue weighted by molar-refractivity contribution is -0.192. The number of anilines is 1. The van der Waals surface area contributed by atoms with Gasteiger partial charge in [0.05, 0.1) is 10.6 Å². The average molecular weight is 360 g/mol. The third-order valence-corrected chi connectivity index (χ3v) is 3.85. The Hall–Kier alpha value is -2.55. The van der Waals surface area contributed by atoms with Gasteiger partial charge >= 0.3 is 12.1 Å². The van der Waals surface area contributed by atoms with Gasteiger partial charge in [0, 0.05) is 4.88 Å². The lowest BCUT2D eigenvalue weighted by Crippen LogP contribution is -2.21. The van der Waals surface area contributed by atoms with Crippen LogP contribution in [0.1, 0.15) is 20.8 Å². The molecule has 0 aliphatic carbocycles. The molecule has 1 aromatic carbocycles. The molecule has 0 unspecified atom stereocenters. The lowest BCUT2D eigenvalue weighted by Gasteiger charge is -1.98. The van der Waals surface area contributed by atoms with Crippen LogP contribution in [0.25, 0.3) is 0 Å². The molecule has 9 heteroatoms. The topological polar surface area (TPSA) is 106 Å². The molecule has 1 aromatic heterocycles. The van der Waals surface area contributed by atoms with Crippen molar-refractivity contribution in [3.8, 4) is 0 Å². The van der Waals surface area contributed by atoms with Gasteiger partial charge in [-0.1, -0.05) is 30.3 Å². The molecule has 5 nitrogen and oxygen atoms in total. The second-order valence-electron chi connectivity index (χ2n) is 4.64. The summed E-state index contributed by atoms with van der Waals surface area (Å²) in [6, 6.07) is 12.0. The highest BCUT2D eigenvalue weighted by Gasteiger charge is 2.38. The average Bonchev–Trinajstić information content (AvgIpc) is 2.87. The van der Waals surface area contributed by atoms with Crippen molar-refractivity contribution in [3.05, 3.63) is 52.4 Å². The van der Waals surface area contributed by atoms with Crippen molar-refractivity contribution in [3.63, 3.8) is 0 Å². The van der Waals surface area contributed by atoms with Gasteiger partial charge in [-0.25, -0.2) is 4.79 Å². The number of alkyl halides is 3. The summed E-state index contributed by atoms with van der Waals surface area (Å²) in [6.07, 6.45) is -3.26. The van der Waals surface area contributed by atoms with Gasteiger partial charge in [-0.15, -0.1) is 11.3 Å². The van der Waals surface area contributed by atoms with Crippen LogP contribution < -0.4 is 11.5 Å². The van der Waals surface area contributed by atoms with E-state index in [1.807, 2.05) is 18.2 Å². The van der Waals surface area contributed by atoms with E-state index in [-0.39, 0.29) is 0 Å². The van der Waals surface area contributed by atoms with Gasteiger partial charge < -0.3 is 16.6 Å². The molecule has 2 rings (SSSR count). The van der Waals surface area contributed by atoms with E-state index in [2.05, 4.69) is 12.1 Å². The highest BCUT2D eigenvalue weighted by molar-refractivity contribution is 7.16. The van der Waals surface area contributed by atoms with Crippen molar-refractivity contribution in [2.24, 2.45) is 5.73 Å². The SMILES string of the molecule is NC(=O)c1cc(CCc2ccccc2)sc1N.O=C(O)C(F)(F)F. The van der Waals surface area contributed by atoms with Crippen molar-refractivity contribution < 1.29 is 27.9 Å². The zero-order chi connectivity index (χ0) is 18.3. The second-order valence-corrected chi connectivity index (χ2v) is 5.81. The van der Waals surface area contributed by atoms with Gasteiger partial charge in [-0.05, 0) is 24.5 Å². The van der Waals surface area contributed by atoms with Gasteiger partial charge in [0.25, 0.3) is 5.91 Å². The summed E-state index contributed by atoms with van der Waals surface area (Å²) in [5, 5.41) is 7.64. The van der Waals surface area contributed by atoms with Gasteiger partial charge in [0.15, 0.2) is 0 Å². The van der Waals surface area contributed by atoms with Crippen LogP contribution in [-0.4, -0.2) is 23.2 Å². The second kappa shape index (κ2) is 8.34. The van der Waals surface area contributed by atoms with E-state index in [0.29, 0.717) is 10.6 Å². The smallest absolute Gasteiger partial charge is 0.475 e. The van der Waals surface area contributed by atoms with Crippen molar-refractivity contribution >= 4 is 28.2 Å². The molecule has 5 N–H and O–H groups in total. The van der Waals surface area contributed by atoms with Crippen LogP contribution in [0.5, 0.6) is 0 Å². The highest BCUT2D eigenvalue weighted by Crippen LogP contribution is 2.25. The summed E-state index contributed by atoms with van der Waals surface area (Å²) in [6.45, 7) is 0. The Morgan fingerprint density at radius 2 is 1.67 bits per heavy atom. The van der Waals surface area contributed by atoms with E-state index in [1.54, 1.807) is 6.07 Å². The van der Waals surface area contributed by atoms with Crippen LogP contribution in [0.15, 0.2) is 36.4 Å². The first-order valence-corrected chi connectivity index (χ1v) is 7.45. The molecule has 130 valence electrons. The number of amides is 1. The fraction of sp³-hybridized carbons (Fsp3) is 0.200. The highest BCUT2D eigenvalue weighted by atomic mass is 32.1. The molecular weight excluding hydrogens is 345 g/mol. The maximum absolute atomic E-state index is 11.1. The van der Waals surface area contributed by atoms with Gasteiger partial charge in [0.1, 0.15) is 0 Å². The monoisotopic (exact) mass is 360 g/mol. The number of halogens is 3. The zero-order valence-electron chi connectivity index (χ0n) is 12.3. The van der Waals surface area contributed by atoms with Crippen LogP contribution in [0.2, 0.25) is 0 Å². The number of carboxylic acids is 1. The predicted molar refractivity (Wildman–Crippen MR) is 84.8 cm³/mol. The first-order valence-electron chi connectivity index (χ1n) is 6.63. The Labute approximate surface area is 139 Å². The maximum Gasteiger partial charge on any atom is 0.490 e. The standard InChI is InChI=1S/C13H14N2OS.C2HF3O2/c14-12(16)11-8-10(17-13(11)15)7-6-9-4-2-1-3-5-9;3-2(4,5)1(6)7/h1-5,8H,6-7,15H2,(H2,14,16);(H,6,7). The fourth-order valence-corrected chi connectivity index (χ4v) is 2.62. The molecule has 0 fully saturated rings. The Morgan fingerprint density at radius 1 is 1.12 bits per heavy atom. The number of aliphatic carboxylic acids is 1. The van der Waals surface area contributed by atoms with Crippen molar-refractivity contribution in [1.29, 1.82) is 0 Å². The molecule has 0 aliphatic heterocycles. The molecule has 2 aromatic rings. The van der Waals surface area contributed by atoms with Gasteiger partial charge in [-0.2, -0.15) is 13.2 Å². The maximum atomic E-state index is 11.1. The molecule has 1 amide bonds. The number of thiophene rings is 1. The summed E-state index contributed by atoms with van der Waals surface area (Å²) < 4.78 is 31.7. The minimum atomic E-state index is -5.08. The van der Waals surface area contributed by atoms with Crippen molar-refractivity contribution in [2.45, 2.75) is 19.0 Å². The summed E-state index contributed by atoms with van der Waals surface area (Å²) in [7, 11) is 0. The van der Waals surface area contributed by atoms with Crippen LogP contribution in [-0.2, 0) is 17.6 Å². The minimum Gasteiger partial charge on any atom is -0.475 e. The Morgan fingerprint density at radius 3 is 2.08 bits per heavy atom. The van der Waals surface area contributed by atoms with Gasteiger partial charge in [-0.3, -0.25) is 4.79 Å². The van der Waals surface area contributed by atoms with Crippen molar-refractivity contribution in [2.75, 3.05) is 5.73 Å². The minimum absolute atomic E-state index is 0.443. The number of hydrogen-bond acceptors (Lipinski definition) is 4. The molecular formula is C15H15F3N2O3S. The Kier molecular flexibility index (Phi) is 6.78. The molecule has 0 saturated carbocycles. The van der Waals surface area contributed by atoms with Gasteiger partial charge in [0.2, 0.25) is 0 Å². The Balaban J connectivity index is 0.000000351. The number of benzene rings is 1. The molecule has 0 radical (unpaired) electrons. The van der Waals surface area contributed by atoms with Crippen LogP contribution >= 0.6 is 11.3 Å². The van der Waals surface area contributed by atoms with Crippen molar-refractivity contribution in [1.82, 2.24) is 0 Å². The van der Waals surface area contributed by atoms with E-state index < -0.39 is 18.1 Å². The number of rotatable bonds is 4. The molecule has 24 heavy (non-hydrogen) atoms. The summed E-state index contributed by atoms with van der Waals surface area (Å²) in [5.74, 6) is -3.21. The van der Waals surface area contributed by atoms with E-state index >= 15 is 0 Å². The molecule has 0 bridgehead atoms. The molecule has 1 heterocycles. The van der Waals surface area contributed by atoms with Crippen LogP contribution in [0, 0.1) is 0 Å². The summed E-state index contributed by atoms with van der Waals surface area (Å²) in [4.78, 5) is 21.1. The number of nitrogen functional groups attached to an aromatic ring is 1. The van der Waals surface area contributed by atoms with E-state index in [4.69, 9.17) is 21.4 Å². The first kappa shape index (κ1) is 19.5. The summed E-state index contributed by atoms with van der Waals surface area (Å²) in [5.41, 5.74) is 12.7. The van der Waals surface area contributed by atoms with E-state index in [1.165, 1.54) is 16.9 Å². The number of hydrogen-bond donors (Lipinski definition) is 3. The number of nitrogens with two attached hydrogens (primary N) is 2. The van der Waals surface area contributed by atoms with E-state index in [0.717, 1.165) is 17.7 Å². The number of primary amides is 1. The third-order valence-electron chi connectivity index (χ3n) is 2.82. The fourth-order valence-electron chi connectivity index (χ4n) is 1.69.